The fraction of sp³-hybridized carbons (Fsp3) is 1.00. The molecule has 2 fully saturated rings. The highest BCUT2D eigenvalue weighted by atomic mass is 32.2. The molecule has 124 valence electrons. The van der Waals surface area contributed by atoms with E-state index < -0.39 is 9.84 Å². The second kappa shape index (κ2) is 7.42. The van der Waals surface area contributed by atoms with Gasteiger partial charge in [0.25, 0.3) is 0 Å². The molecule has 0 amide bonds. The highest BCUT2D eigenvalue weighted by Crippen LogP contribution is 2.32. The zero-order chi connectivity index (χ0) is 15.5. The Morgan fingerprint density at radius 3 is 2.62 bits per heavy atom. The summed E-state index contributed by atoms with van der Waals surface area (Å²) in [6.45, 7) is 6.58. The Morgan fingerprint density at radius 2 is 1.95 bits per heavy atom. The predicted octanol–water partition coefficient (Wildman–Crippen LogP) is 2.19. The van der Waals surface area contributed by atoms with Crippen LogP contribution in [0.2, 0.25) is 0 Å². The van der Waals surface area contributed by atoms with Crippen LogP contribution in [-0.4, -0.2) is 56.0 Å². The fourth-order valence-corrected chi connectivity index (χ4v) is 5.41. The van der Waals surface area contributed by atoms with E-state index in [1.54, 1.807) is 0 Å². The summed E-state index contributed by atoms with van der Waals surface area (Å²) in [5.74, 6) is 0. The van der Waals surface area contributed by atoms with E-state index in [4.69, 9.17) is 0 Å². The maximum atomic E-state index is 11.9. The lowest BCUT2D eigenvalue weighted by Gasteiger charge is -2.46. The van der Waals surface area contributed by atoms with Crippen molar-refractivity contribution in [3.05, 3.63) is 0 Å². The molecule has 1 aliphatic carbocycles. The summed E-state index contributed by atoms with van der Waals surface area (Å²) in [5.41, 5.74) is 0. The molecule has 0 aromatic carbocycles. The first-order valence-corrected chi connectivity index (χ1v) is 10.6. The van der Waals surface area contributed by atoms with E-state index in [0.29, 0.717) is 18.1 Å². The molecule has 1 saturated carbocycles. The maximum absolute atomic E-state index is 11.9. The lowest BCUT2D eigenvalue weighted by Crippen LogP contribution is -2.56. The molecule has 1 aliphatic heterocycles. The second-order valence-corrected chi connectivity index (χ2v) is 9.24. The normalized spacial score (nSPS) is 33.8. The van der Waals surface area contributed by atoms with Crippen LogP contribution in [-0.2, 0) is 9.84 Å². The van der Waals surface area contributed by atoms with Crippen molar-refractivity contribution in [3.63, 3.8) is 0 Å². The van der Waals surface area contributed by atoms with Crippen molar-refractivity contribution >= 4 is 9.84 Å². The van der Waals surface area contributed by atoms with Crippen molar-refractivity contribution in [1.29, 1.82) is 0 Å². The van der Waals surface area contributed by atoms with Gasteiger partial charge >= 0.3 is 0 Å². The summed E-state index contributed by atoms with van der Waals surface area (Å²) in [7, 11) is -2.89. The number of nitrogens with zero attached hydrogens (tertiary/aromatic N) is 1. The third-order valence-electron chi connectivity index (χ3n) is 5.37. The molecule has 4 atom stereocenters. The van der Waals surface area contributed by atoms with Crippen molar-refractivity contribution in [2.45, 2.75) is 82.2 Å². The Kier molecular flexibility index (Phi) is 6.09. The maximum Gasteiger partial charge on any atom is 0.150 e. The van der Waals surface area contributed by atoms with Gasteiger partial charge in [-0.25, -0.2) is 8.42 Å². The number of likely N-dealkylation sites (tertiary alicyclic amines) is 1. The number of hydrogen-bond acceptors (Lipinski definition) is 4. The van der Waals surface area contributed by atoms with Crippen LogP contribution >= 0.6 is 0 Å². The first kappa shape index (κ1) is 17.2. The minimum Gasteiger partial charge on any atom is -0.313 e. The van der Waals surface area contributed by atoms with E-state index in [2.05, 4.69) is 24.1 Å². The van der Waals surface area contributed by atoms with Gasteiger partial charge in [0.2, 0.25) is 0 Å². The van der Waals surface area contributed by atoms with E-state index in [-0.39, 0.29) is 5.25 Å². The van der Waals surface area contributed by atoms with E-state index >= 15 is 0 Å². The van der Waals surface area contributed by atoms with Gasteiger partial charge in [-0.15, -0.1) is 0 Å². The van der Waals surface area contributed by atoms with Crippen molar-refractivity contribution in [2.24, 2.45) is 0 Å². The largest absolute Gasteiger partial charge is 0.313 e. The monoisotopic (exact) mass is 316 g/mol. The molecule has 0 aromatic heterocycles. The third kappa shape index (κ3) is 4.42. The highest BCUT2D eigenvalue weighted by Gasteiger charge is 2.37. The van der Waals surface area contributed by atoms with Gasteiger partial charge in [0.1, 0.15) is 9.84 Å². The van der Waals surface area contributed by atoms with E-state index in [0.717, 1.165) is 32.4 Å². The molecular formula is C16H32N2O2S. The number of nitrogens with one attached hydrogen (secondary N) is 1. The average Bonchev–Trinajstić information content (AvgIpc) is 2.47. The predicted molar refractivity (Wildman–Crippen MR) is 88.4 cm³/mol. The first-order valence-electron chi connectivity index (χ1n) is 8.61. The van der Waals surface area contributed by atoms with Gasteiger partial charge in [0, 0.05) is 24.4 Å². The minimum atomic E-state index is -2.89. The molecule has 1 heterocycles. The Bertz CT molecular complexity index is 424. The summed E-state index contributed by atoms with van der Waals surface area (Å²) in [6.07, 6.45) is 9.14. The molecule has 4 nitrogen and oxygen atoms in total. The molecule has 4 unspecified atom stereocenters. The summed E-state index contributed by atoms with van der Waals surface area (Å²) in [6, 6.07) is 1.53. The van der Waals surface area contributed by atoms with Crippen LogP contribution in [0, 0.1) is 0 Å². The van der Waals surface area contributed by atoms with Crippen LogP contribution in [0.25, 0.3) is 0 Å². The molecule has 5 heteroatoms. The van der Waals surface area contributed by atoms with Gasteiger partial charge in [0.05, 0.1) is 5.25 Å². The van der Waals surface area contributed by atoms with Crippen LogP contribution in [0.3, 0.4) is 0 Å². The Balaban J connectivity index is 2.06. The van der Waals surface area contributed by atoms with Gasteiger partial charge < -0.3 is 5.32 Å². The Labute approximate surface area is 130 Å². The lowest BCUT2D eigenvalue weighted by molar-refractivity contribution is 0.0554. The lowest BCUT2D eigenvalue weighted by atomic mass is 9.88. The summed E-state index contributed by atoms with van der Waals surface area (Å²) in [4.78, 5) is 2.63. The van der Waals surface area contributed by atoms with Crippen LogP contribution in [0.15, 0.2) is 0 Å². The van der Waals surface area contributed by atoms with Crippen LogP contribution < -0.4 is 5.32 Å². The minimum absolute atomic E-state index is 0.117. The quantitative estimate of drug-likeness (QED) is 0.845. The number of rotatable bonds is 5. The van der Waals surface area contributed by atoms with Gasteiger partial charge in [-0.2, -0.15) is 0 Å². The van der Waals surface area contributed by atoms with Crippen LogP contribution in [0.5, 0.6) is 0 Å². The Morgan fingerprint density at radius 1 is 1.19 bits per heavy atom. The number of hydrogen-bond donors (Lipinski definition) is 1. The Hall–Kier alpha value is -0.130. The van der Waals surface area contributed by atoms with Gasteiger partial charge in [0.15, 0.2) is 0 Å². The standard InChI is InChI=1S/C16H32N2O2S/c1-4-17-13(2)16-10-5-6-11-18(16)14-8-7-9-15(12-14)21(3,19)20/h13-17H,4-12H2,1-3H3. The topological polar surface area (TPSA) is 49.4 Å². The van der Waals surface area contributed by atoms with E-state index in [1.807, 2.05) is 0 Å². The summed E-state index contributed by atoms with van der Waals surface area (Å²) >= 11 is 0. The molecule has 0 aromatic rings. The molecule has 2 rings (SSSR count). The molecule has 1 saturated heterocycles. The SMILES string of the molecule is CCNC(C)C1CCCCN1C1CCCC(S(C)(=O)=O)C1. The van der Waals surface area contributed by atoms with Crippen LogP contribution in [0.4, 0.5) is 0 Å². The van der Waals surface area contributed by atoms with E-state index in [9.17, 15) is 8.42 Å². The molecule has 0 radical (unpaired) electrons. The van der Waals surface area contributed by atoms with Crippen LogP contribution in [0.1, 0.15) is 58.8 Å². The van der Waals surface area contributed by atoms with Gasteiger partial charge in [-0.3, -0.25) is 4.90 Å². The molecular weight excluding hydrogens is 284 g/mol. The third-order valence-corrected chi connectivity index (χ3v) is 7.01. The van der Waals surface area contributed by atoms with E-state index in [1.165, 1.54) is 31.9 Å². The molecule has 1 N–H and O–H groups in total. The zero-order valence-electron chi connectivity index (χ0n) is 13.8. The van der Waals surface area contributed by atoms with Crippen molar-refractivity contribution in [1.82, 2.24) is 10.2 Å². The fourth-order valence-electron chi connectivity index (χ4n) is 4.24. The van der Waals surface area contributed by atoms with Gasteiger partial charge in [-0.1, -0.05) is 19.8 Å². The summed E-state index contributed by atoms with van der Waals surface area (Å²) in [5, 5.41) is 3.45. The van der Waals surface area contributed by atoms with Crippen molar-refractivity contribution < 1.29 is 8.42 Å². The average molecular weight is 317 g/mol. The number of sulfone groups is 1. The van der Waals surface area contributed by atoms with Gasteiger partial charge in [-0.05, 0) is 52.1 Å². The molecule has 2 aliphatic rings. The zero-order valence-corrected chi connectivity index (χ0v) is 14.7. The highest BCUT2D eigenvalue weighted by molar-refractivity contribution is 7.91. The first-order chi connectivity index (χ1) is 9.93. The summed E-state index contributed by atoms with van der Waals surface area (Å²) < 4.78 is 23.8. The number of piperidine rings is 1. The van der Waals surface area contributed by atoms with Crippen molar-refractivity contribution in [2.75, 3.05) is 19.3 Å². The van der Waals surface area contributed by atoms with Crippen molar-refractivity contribution in [3.8, 4) is 0 Å². The molecule has 0 bridgehead atoms. The second-order valence-electron chi connectivity index (χ2n) is 6.92. The molecule has 0 spiro atoms. The smallest absolute Gasteiger partial charge is 0.150 e. The number of likely N-dealkylation sites (N-methyl/N-ethyl adjacent to an activating group) is 1. The molecule has 21 heavy (non-hydrogen) atoms.